The smallest absolute Gasteiger partial charge is 0.338 e. The van der Waals surface area contributed by atoms with Crippen LogP contribution >= 0.6 is 11.6 Å². The molecule has 1 aromatic heterocycles. The van der Waals surface area contributed by atoms with E-state index in [9.17, 15) is 9.59 Å². The lowest BCUT2D eigenvalue weighted by Crippen LogP contribution is -2.21. The number of fused-ring (bicyclic) bond motifs is 1. The van der Waals surface area contributed by atoms with Crippen molar-refractivity contribution >= 4 is 40.3 Å². The molecular formula is C18H15ClN2O6. The number of esters is 1. The van der Waals surface area contributed by atoms with Crippen LogP contribution in [0.1, 0.15) is 10.4 Å². The zero-order valence-corrected chi connectivity index (χ0v) is 15.2. The lowest BCUT2D eigenvalue weighted by molar-refractivity contribution is -0.119. The van der Waals surface area contributed by atoms with Gasteiger partial charge in [0.1, 0.15) is 17.0 Å². The van der Waals surface area contributed by atoms with Crippen LogP contribution in [0.2, 0.25) is 5.02 Å². The van der Waals surface area contributed by atoms with Gasteiger partial charge in [-0.25, -0.2) is 9.78 Å². The molecule has 0 saturated carbocycles. The number of halogens is 1. The van der Waals surface area contributed by atoms with Crippen LogP contribution in [0.3, 0.4) is 0 Å². The van der Waals surface area contributed by atoms with E-state index in [4.69, 9.17) is 30.2 Å². The molecule has 1 N–H and O–H groups in total. The number of carbonyl (C=O) groups excluding carboxylic acids is 2. The number of benzene rings is 2. The van der Waals surface area contributed by atoms with E-state index in [0.717, 1.165) is 0 Å². The SMILES string of the molecule is COc1cc(OC)c(NC(=O)COC(=O)c2ccc3ncoc3c2)cc1Cl. The van der Waals surface area contributed by atoms with E-state index in [1.165, 1.54) is 44.9 Å². The fraction of sp³-hybridized carbons (Fsp3) is 0.167. The maximum atomic E-state index is 12.1. The Labute approximate surface area is 159 Å². The van der Waals surface area contributed by atoms with Crippen LogP contribution in [0.15, 0.2) is 41.1 Å². The number of rotatable bonds is 6. The topological polar surface area (TPSA) is 99.9 Å². The van der Waals surface area contributed by atoms with E-state index in [1.54, 1.807) is 6.07 Å². The molecule has 1 heterocycles. The van der Waals surface area contributed by atoms with E-state index < -0.39 is 18.5 Å². The van der Waals surface area contributed by atoms with E-state index in [-0.39, 0.29) is 5.56 Å². The Balaban J connectivity index is 1.64. The van der Waals surface area contributed by atoms with Crippen molar-refractivity contribution < 1.29 is 28.2 Å². The van der Waals surface area contributed by atoms with Crippen molar-refractivity contribution in [3.63, 3.8) is 0 Å². The Bertz CT molecular complexity index is 1000. The monoisotopic (exact) mass is 390 g/mol. The van der Waals surface area contributed by atoms with Crippen molar-refractivity contribution in [2.45, 2.75) is 0 Å². The van der Waals surface area contributed by atoms with Crippen molar-refractivity contribution in [3.8, 4) is 11.5 Å². The molecule has 3 rings (SSSR count). The molecule has 0 aliphatic rings. The first-order chi connectivity index (χ1) is 13.0. The molecule has 3 aromatic rings. The Kier molecular flexibility index (Phi) is 5.46. The minimum Gasteiger partial charge on any atom is -0.495 e. The van der Waals surface area contributed by atoms with Gasteiger partial charge in [-0.1, -0.05) is 11.6 Å². The van der Waals surface area contributed by atoms with Gasteiger partial charge >= 0.3 is 5.97 Å². The van der Waals surface area contributed by atoms with E-state index in [2.05, 4.69) is 10.3 Å². The fourth-order valence-corrected chi connectivity index (χ4v) is 2.58. The molecule has 0 aliphatic carbocycles. The molecule has 0 saturated heterocycles. The summed E-state index contributed by atoms with van der Waals surface area (Å²) in [6, 6.07) is 7.68. The number of oxazole rings is 1. The highest BCUT2D eigenvalue weighted by Gasteiger charge is 2.15. The summed E-state index contributed by atoms with van der Waals surface area (Å²) in [5.74, 6) is -0.459. The fourth-order valence-electron chi connectivity index (χ4n) is 2.34. The summed E-state index contributed by atoms with van der Waals surface area (Å²) >= 11 is 6.06. The van der Waals surface area contributed by atoms with Crippen LogP contribution in [-0.4, -0.2) is 37.7 Å². The van der Waals surface area contributed by atoms with E-state index >= 15 is 0 Å². The molecule has 0 radical (unpaired) electrons. The minimum atomic E-state index is -0.664. The summed E-state index contributed by atoms with van der Waals surface area (Å²) < 4.78 is 20.4. The van der Waals surface area contributed by atoms with Crippen molar-refractivity contribution in [1.29, 1.82) is 0 Å². The van der Waals surface area contributed by atoms with Gasteiger partial charge in [-0.05, 0) is 24.3 Å². The van der Waals surface area contributed by atoms with Gasteiger partial charge in [0.25, 0.3) is 5.91 Å². The van der Waals surface area contributed by atoms with Crippen molar-refractivity contribution in [2.75, 3.05) is 26.1 Å². The van der Waals surface area contributed by atoms with E-state index in [0.29, 0.717) is 33.3 Å². The second-order valence-electron chi connectivity index (χ2n) is 5.35. The number of hydrogen-bond acceptors (Lipinski definition) is 7. The molecule has 140 valence electrons. The number of anilines is 1. The number of methoxy groups -OCH3 is 2. The summed E-state index contributed by atoms with van der Waals surface area (Å²) in [7, 11) is 2.91. The van der Waals surface area contributed by atoms with Gasteiger partial charge in [0, 0.05) is 6.07 Å². The normalized spacial score (nSPS) is 10.5. The van der Waals surface area contributed by atoms with Crippen LogP contribution in [0.5, 0.6) is 11.5 Å². The third-order valence-electron chi connectivity index (χ3n) is 3.65. The van der Waals surface area contributed by atoms with E-state index in [1.807, 2.05) is 0 Å². The zero-order valence-electron chi connectivity index (χ0n) is 14.4. The Morgan fingerprint density at radius 1 is 1.15 bits per heavy atom. The van der Waals surface area contributed by atoms with Crippen molar-refractivity contribution in [1.82, 2.24) is 4.98 Å². The Hall–Kier alpha value is -3.26. The summed E-state index contributed by atoms with van der Waals surface area (Å²) in [6.07, 6.45) is 1.28. The Morgan fingerprint density at radius 2 is 1.93 bits per heavy atom. The highest BCUT2D eigenvalue weighted by atomic mass is 35.5. The van der Waals surface area contributed by atoms with Gasteiger partial charge < -0.3 is 23.9 Å². The first kappa shape index (κ1) is 18.5. The number of ether oxygens (including phenoxy) is 3. The number of nitrogens with one attached hydrogen (secondary N) is 1. The number of aromatic nitrogens is 1. The summed E-state index contributed by atoms with van der Waals surface area (Å²) in [6.45, 7) is -0.486. The van der Waals surface area contributed by atoms with Gasteiger partial charge in [-0.15, -0.1) is 0 Å². The second-order valence-corrected chi connectivity index (χ2v) is 5.75. The summed E-state index contributed by atoms with van der Waals surface area (Å²) in [5, 5.41) is 2.87. The highest BCUT2D eigenvalue weighted by molar-refractivity contribution is 6.32. The first-order valence-corrected chi connectivity index (χ1v) is 8.11. The highest BCUT2D eigenvalue weighted by Crippen LogP contribution is 2.35. The number of hydrogen-bond donors (Lipinski definition) is 1. The molecule has 0 bridgehead atoms. The molecular weight excluding hydrogens is 376 g/mol. The molecule has 0 fully saturated rings. The molecule has 27 heavy (non-hydrogen) atoms. The number of carbonyl (C=O) groups is 2. The van der Waals surface area contributed by atoms with Gasteiger partial charge in [0.15, 0.2) is 18.6 Å². The maximum Gasteiger partial charge on any atom is 0.338 e. The van der Waals surface area contributed by atoms with Crippen molar-refractivity contribution in [2.24, 2.45) is 0 Å². The quantitative estimate of drug-likeness (QED) is 0.644. The largest absolute Gasteiger partial charge is 0.495 e. The van der Waals surface area contributed by atoms with Crippen LogP contribution in [0.25, 0.3) is 11.1 Å². The molecule has 0 atom stereocenters. The van der Waals surface area contributed by atoms with Gasteiger partial charge in [0.05, 0.1) is 30.5 Å². The molecule has 0 unspecified atom stereocenters. The molecule has 0 aliphatic heterocycles. The third kappa shape index (κ3) is 4.12. The maximum absolute atomic E-state index is 12.1. The van der Waals surface area contributed by atoms with Crippen LogP contribution in [0.4, 0.5) is 5.69 Å². The summed E-state index contributed by atoms with van der Waals surface area (Å²) in [5.41, 5.74) is 1.64. The molecule has 9 heteroatoms. The predicted molar refractivity (Wildman–Crippen MR) is 97.5 cm³/mol. The first-order valence-electron chi connectivity index (χ1n) is 7.73. The predicted octanol–water partition coefficient (Wildman–Crippen LogP) is 3.29. The van der Waals surface area contributed by atoms with Gasteiger partial charge in [-0.3, -0.25) is 4.79 Å². The lowest BCUT2D eigenvalue weighted by atomic mass is 10.2. The molecule has 2 aromatic carbocycles. The number of nitrogens with zero attached hydrogens (tertiary/aromatic N) is 1. The average molecular weight is 391 g/mol. The summed E-state index contributed by atoms with van der Waals surface area (Å²) in [4.78, 5) is 28.2. The molecule has 8 nitrogen and oxygen atoms in total. The van der Waals surface area contributed by atoms with Crippen LogP contribution < -0.4 is 14.8 Å². The van der Waals surface area contributed by atoms with Gasteiger partial charge in [0.2, 0.25) is 0 Å². The standard InChI is InChI=1S/C18H15ClN2O6/c1-24-14-7-15(25-2)13(6-11(14)19)21-17(22)8-26-18(23)10-3-4-12-16(5-10)27-9-20-12/h3-7,9H,8H2,1-2H3,(H,21,22). The van der Waals surface area contributed by atoms with Gasteiger partial charge in [-0.2, -0.15) is 0 Å². The van der Waals surface area contributed by atoms with Crippen LogP contribution in [-0.2, 0) is 9.53 Å². The van der Waals surface area contributed by atoms with Crippen molar-refractivity contribution in [3.05, 3.63) is 47.3 Å². The Morgan fingerprint density at radius 3 is 2.67 bits per heavy atom. The zero-order chi connectivity index (χ0) is 19.4. The average Bonchev–Trinajstić information content (AvgIpc) is 3.14. The lowest BCUT2D eigenvalue weighted by Gasteiger charge is -2.13. The number of amides is 1. The second kappa shape index (κ2) is 7.96. The third-order valence-corrected chi connectivity index (χ3v) is 3.94. The molecule has 0 spiro atoms. The molecule has 1 amide bonds. The minimum absolute atomic E-state index is 0.247. The van der Waals surface area contributed by atoms with Crippen LogP contribution in [0, 0.1) is 0 Å².